The Kier molecular flexibility index (Phi) is 3.17. The summed E-state index contributed by atoms with van der Waals surface area (Å²) in [5.74, 6) is 0. The average molecular weight is 220 g/mol. The second-order valence-electron chi connectivity index (χ2n) is 4.69. The molecule has 2 unspecified atom stereocenters. The van der Waals surface area contributed by atoms with Crippen LogP contribution in [0.1, 0.15) is 25.0 Å². The van der Waals surface area contributed by atoms with Gasteiger partial charge >= 0.3 is 0 Å². The molecule has 0 radical (unpaired) electrons. The van der Waals surface area contributed by atoms with Gasteiger partial charge in [0.05, 0.1) is 6.10 Å². The fourth-order valence-electron chi connectivity index (χ4n) is 2.28. The lowest BCUT2D eigenvalue weighted by atomic mass is 9.96. The van der Waals surface area contributed by atoms with Crippen molar-refractivity contribution in [3.63, 3.8) is 0 Å². The number of nitrogens with zero attached hydrogens (tertiary/aromatic N) is 1. The summed E-state index contributed by atoms with van der Waals surface area (Å²) in [6.07, 6.45) is 0.726. The van der Waals surface area contributed by atoms with E-state index in [1.165, 1.54) is 11.1 Å². The molecule has 1 aliphatic heterocycles. The molecular weight excluding hydrogens is 200 g/mol. The van der Waals surface area contributed by atoms with Crippen molar-refractivity contribution in [3.05, 3.63) is 29.3 Å². The van der Waals surface area contributed by atoms with E-state index in [-0.39, 0.29) is 12.1 Å². The molecule has 2 rings (SSSR count). The van der Waals surface area contributed by atoms with Gasteiger partial charge in [-0.1, -0.05) is 12.1 Å². The Bertz CT molecular complexity index is 376. The van der Waals surface area contributed by atoms with Gasteiger partial charge in [-0.15, -0.1) is 0 Å². The van der Waals surface area contributed by atoms with E-state index in [9.17, 15) is 5.11 Å². The number of aliphatic hydroxyl groups excluding tert-OH is 1. The maximum absolute atomic E-state index is 9.62. The van der Waals surface area contributed by atoms with Crippen molar-refractivity contribution in [2.45, 2.75) is 39.0 Å². The first kappa shape index (κ1) is 11.4. The quantitative estimate of drug-likeness (QED) is 0.741. The van der Waals surface area contributed by atoms with Gasteiger partial charge in [-0.3, -0.25) is 4.90 Å². The summed E-state index contributed by atoms with van der Waals surface area (Å²) in [5.41, 5.74) is 9.46. The molecule has 3 nitrogen and oxygen atoms in total. The zero-order valence-electron chi connectivity index (χ0n) is 9.98. The Morgan fingerprint density at radius 3 is 2.81 bits per heavy atom. The van der Waals surface area contributed by atoms with Crippen LogP contribution in [0.3, 0.4) is 0 Å². The SMILES string of the molecule is CC(O)C(C)N1CCc2cccc(N)c2C1. The Hall–Kier alpha value is -1.06. The zero-order chi connectivity index (χ0) is 11.7. The highest BCUT2D eigenvalue weighted by atomic mass is 16.3. The van der Waals surface area contributed by atoms with E-state index in [2.05, 4.69) is 17.9 Å². The maximum atomic E-state index is 9.62. The van der Waals surface area contributed by atoms with Crippen molar-refractivity contribution >= 4 is 5.69 Å². The summed E-state index contributed by atoms with van der Waals surface area (Å²) in [5, 5.41) is 9.62. The maximum Gasteiger partial charge on any atom is 0.0664 e. The van der Waals surface area contributed by atoms with Crippen molar-refractivity contribution in [1.82, 2.24) is 4.90 Å². The van der Waals surface area contributed by atoms with E-state index >= 15 is 0 Å². The second-order valence-corrected chi connectivity index (χ2v) is 4.69. The highest BCUT2D eigenvalue weighted by Crippen LogP contribution is 2.25. The fraction of sp³-hybridized carbons (Fsp3) is 0.538. The summed E-state index contributed by atoms with van der Waals surface area (Å²) in [7, 11) is 0. The minimum atomic E-state index is -0.300. The lowest BCUT2D eigenvalue weighted by Gasteiger charge is -2.35. The van der Waals surface area contributed by atoms with Crippen molar-refractivity contribution in [2.75, 3.05) is 12.3 Å². The smallest absolute Gasteiger partial charge is 0.0664 e. The predicted octanol–water partition coefficient (Wildman–Crippen LogP) is 1.40. The number of hydrogen-bond donors (Lipinski definition) is 2. The molecule has 3 heteroatoms. The lowest BCUT2D eigenvalue weighted by Crippen LogP contribution is -2.43. The van der Waals surface area contributed by atoms with Crippen LogP contribution in [0.4, 0.5) is 5.69 Å². The minimum absolute atomic E-state index is 0.188. The average Bonchev–Trinajstić information content (AvgIpc) is 2.28. The van der Waals surface area contributed by atoms with E-state index in [4.69, 9.17) is 5.73 Å². The van der Waals surface area contributed by atoms with Gasteiger partial charge in [0.15, 0.2) is 0 Å². The number of hydrogen-bond acceptors (Lipinski definition) is 3. The highest BCUT2D eigenvalue weighted by Gasteiger charge is 2.24. The number of nitrogen functional groups attached to an aromatic ring is 1. The molecule has 2 atom stereocenters. The molecule has 1 aliphatic rings. The number of nitrogens with two attached hydrogens (primary N) is 1. The molecule has 0 bridgehead atoms. The topological polar surface area (TPSA) is 49.5 Å². The molecule has 16 heavy (non-hydrogen) atoms. The Labute approximate surface area is 96.9 Å². The van der Waals surface area contributed by atoms with Gasteiger partial charge in [0.1, 0.15) is 0 Å². The lowest BCUT2D eigenvalue weighted by molar-refractivity contribution is 0.0628. The Balaban J connectivity index is 2.20. The van der Waals surface area contributed by atoms with Gasteiger partial charge in [0.25, 0.3) is 0 Å². The molecule has 1 aromatic carbocycles. The van der Waals surface area contributed by atoms with E-state index in [0.717, 1.165) is 25.2 Å². The summed E-state index contributed by atoms with van der Waals surface area (Å²) in [6, 6.07) is 6.31. The third-order valence-corrected chi connectivity index (χ3v) is 3.61. The molecule has 0 fully saturated rings. The molecule has 0 saturated carbocycles. The van der Waals surface area contributed by atoms with Gasteiger partial charge in [0, 0.05) is 24.8 Å². The molecule has 0 saturated heterocycles. The van der Waals surface area contributed by atoms with Gasteiger partial charge in [-0.05, 0) is 37.5 Å². The Morgan fingerprint density at radius 2 is 2.12 bits per heavy atom. The standard InChI is InChI=1S/C13H20N2O/c1-9(10(2)16)15-7-6-11-4-3-5-13(14)12(11)8-15/h3-5,9-10,16H,6-8,14H2,1-2H3. The van der Waals surface area contributed by atoms with Crippen molar-refractivity contribution in [2.24, 2.45) is 0 Å². The van der Waals surface area contributed by atoms with Crippen LogP contribution in [0.2, 0.25) is 0 Å². The normalized spacial score (nSPS) is 20.2. The first-order chi connectivity index (χ1) is 7.59. The molecule has 0 spiro atoms. The third kappa shape index (κ3) is 2.06. The summed E-state index contributed by atoms with van der Waals surface area (Å²) in [4.78, 5) is 2.30. The highest BCUT2D eigenvalue weighted by molar-refractivity contribution is 5.51. The summed E-state index contributed by atoms with van der Waals surface area (Å²) in [6.45, 7) is 5.76. The Morgan fingerprint density at radius 1 is 1.38 bits per heavy atom. The van der Waals surface area contributed by atoms with Gasteiger partial charge in [-0.25, -0.2) is 0 Å². The largest absolute Gasteiger partial charge is 0.398 e. The monoisotopic (exact) mass is 220 g/mol. The van der Waals surface area contributed by atoms with E-state index in [1.807, 2.05) is 19.1 Å². The minimum Gasteiger partial charge on any atom is -0.398 e. The van der Waals surface area contributed by atoms with Crippen LogP contribution in [0.15, 0.2) is 18.2 Å². The molecule has 3 N–H and O–H groups in total. The number of aliphatic hydroxyl groups is 1. The van der Waals surface area contributed by atoms with Crippen molar-refractivity contribution in [1.29, 1.82) is 0 Å². The van der Waals surface area contributed by atoms with Crippen molar-refractivity contribution in [3.8, 4) is 0 Å². The van der Waals surface area contributed by atoms with Gasteiger partial charge in [-0.2, -0.15) is 0 Å². The molecule has 1 heterocycles. The van der Waals surface area contributed by atoms with Crippen LogP contribution in [0.25, 0.3) is 0 Å². The van der Waals surface area contributed by atoms with Gasteiger partial charge in [0.2, 0.25) is 0 Å². The van der Waals surface area contributed by atoms with Crippen LogP contribution in [0, 0.1) is 0 Å². The van der Waals surface area contributed by atoms with E-state index in [1.54, 1.807) is 0 Å². The van der Waals surface area contributed by atoms with E-state index in [0.29, 0.717) is 0 Å². The summed E-state index contributed by atoms with van der Waals surface area (Å²) >= 11 is 0. The zero-order valence-corrected chi connectivity index (χ0v) is 9.98. The predicted molar refractivity (Wildman–Crippen MR) is 66.1 cm³/mol. The number of fused-ring (bicyclic) bond motifs is 1. The van der Waals surface area contributed by atoms with E-state index < -0.39 is 0 Å². The number of anilines is 1. The van der Waals surface area contributed by atoms with Gasteiger partial charge < -0.3 is 10.8 Å². The molecular formula is C13H20N2O. The third-order valence-electron chi connectivity index (χ3n) is 3.61. The molecule has 1 aromatic rings. The summed E-state index contributed by atoms with van der Waals surface area (Å²) < 4.78 is 0. The number of benzene rings is 1. The van der Waals surface area contributed by atoms with Crippen LogP contribution in [0.5, 0.6) is 0 Å². The molecule has 0 aliphatic carbocycles. The van der Waals surface area contributed by atoms with Crippen LogP contribution >= 0.6 is 0 Å². The molecule has 0 amide bonds. The van der Waals surface area contributed by atoms with Crippen LogP contribution in [-0.4, -0.2) is 28.7 Å². The first-order valence-electron chi connectivity index (χ1n) is 5.88. The molecule has 0 aromatic heterocycles. The number of rotatable bonds is 2. The second kappa shape index (κ2) is 4.44. The first-order valence-corrected chi connectivity index (χ1v) is 5.88. The van der Waals surface area contributed by atoms with Crippen LogP contribution in [-0.2, 0) is 13.0 Å². The molecule has 88 valence electrons. The fourth-order valence-corrected chi connectivity index (χ4v) is 2.28. The van der Waals surface area contributed by atoms with Crippen LogP contribution < -0.4 is 5.73 Å². The van der Waals surface area contributed by atoms with Crippen molar-refractivity contribution < 1.29 is 5.11 Å².